The zero-order valence-corrected chi connectivity index (χ0v) is 14.7. The number of imidazole rings is 1. The first-order valence-corrected chi connectivity index (χ1v) is 8.79. The SMILES string of the molecule is CCOC(=O)c1cnc2ccc(N3C[C@H](O)C[C@@H]3c3cccc(F)c3)nn12. The molecular weight excluding hydrogens is 351 g/mol. The number of β-amino-alcohol motifs (C(OH)–C–C–N with tert-alkyl or cyclic N) is 1. The van der Waals surface area contributed by atoms with E-state index in [9.17, 15) is 14.3 Å². The van der Waals surface area contributed by atoms with Crippen LogP contribution in [-0.4, -0.2) is 44.9 Å². The Bertz CT molecular complexity index is 990. The highest BCUT2D eigenvalue weighted by Gasteiger charge is 2.33. The molecule has 4 rings (SSSR count). The van der Waals surface area contributed by atoms with E-state index in [4.69, 9.17) is 4.74 Å². The summed E-state index contributed by atoms with van der Waals surface area (Å²) in [4.78, 5) is 18.2. The van der Waals surface area contributed by atoms with Crippen LogP contribution in [-0.2, 0) is 4.74 Å². The first-order chi connectivity index (χ1) is 13.1. The van der Waals surface area contributed by atoms with Crippen molar-refractivity contribution >= 4 is 17.4 Å². The summed E-state index contributed by atoms with van der Waals surface area (Å²) in [7, 11) is 0. The van der Waals surface area contributed by atoms with E-state index in [0.29, 0.717) is 24.4 Å². The van der Waals surface area contributed by atoms with Crippen LogP contribution in [0.15, 0.2) is 42.6 Å². The lowest BCUT2D eigenvalue weighted by molar-refractivity contribution is 0.0516. The molecule has 0 radical (unpaired) electrons. The number of carbonyl (C=O) groups excluding carboxylic acids is 1. The number of nitrogens with zero attached hydrogens (tertiary/aromatic N) is 4. The number of fused-ring (bicyclic) bond motifs is 1. The summed E-state index contributed by atoms with van der Waals surface area (Å²) < 4.78 is 20.1. The van der Waals surface area contributed by atoms with Gasteiger partial charge in [-0.05, 0) is 43.2 Å². The molecule has 8 heteroatoms. The maximum Gasteiger partial charge on any atom is 0.358 e. The van der Waals surface area contributed by atoms with Crippen LogP contribution in [0.4, 0.5) is 10.2 Å². The Labute approximate surface area is 155 Å². The van der Waals surface area contributed by atoms with Gasteiger partial charge in [0, 0.05) is 6.54 Å². The molecule has 1 saturated heterocycles. The van der Waals surface area contributed by atoms with Crippen molar-refractivity contribution in [3.8, 4) is 0 Å². The van der Waals surface area contributed by atoms with E-state index in [1.807, 2.05) is 11.0 Å². The van der Waals surface area contributed by atoms with Gasteiger partial charge in [-0.2, -0.15) is 0 Å². The summed E-state index contributed by atoms with van der Waals surface area (Å²) >= 11 is 0. The number of ether oxygens (including phenoxy) is 1. The van der Waals surface area contributed by atoms with E-state index in [1.165, 1.54) is 22.8 Å². The van der Waals surface area contributed by atoms with Gasteiger partial charge in [-0.1, -0.05) is 12.1 Å². The van der Waals surface area contributed by atoms with Crippen molar-refractivity contribution in [3.63, 3.8) is 0 Å². The van der Waals surface area contributed by atoms with Gasteiger partial charge in [-0.15, -0.1) is 5.10 Å². The zero-order valence-electron chi connectivity index (χ0n) is 14.7. The number of rotatable bonds is 4. The summed E-state index contributed by atoms with van der Waals surface area (Å²) in [5, 5.41) is 14.7. The van der Waals surface area contributed by atoms with Gasteiger partial charge in [0.1, 0.15) is 11.6 Å². The second-order valence-electron chi connectivity index (χ2n) is 6.44. The number of aromatic nitrogens is 3. The van der Waals surface area contributed by atoms with Gasteiger partial charge in [0.15, 0.2) is 11.3 Å². The maximum absolute atomic E-state index is 13.7. The highest BCUT2D eigenvalue weighted by atomic mass is 19.1. The van der Waals surface area contributed by atoms with Crippen LogP contribution in [0.3, 0.4) is 0 Å². The number of halogens is 1. The Kier molecular flexibility index (Phi) is 4.49. The molecule has 1 aliphatic rings. The first kappa shape index (κ1) is 17.4. The van der Waals surface area contributed by atoms with Crippen molar-refractivity contribution in [3.05, 3.63) is 59.7 Å². The molecule has 7 nitrogen and oxygen atoms in total. The number of hydrogen-bond acceptors (Lipinski definition) is 6. The summed E-state index contributed by atoms with van der Waals surface area (Å²) in [6.07, 6.45) is 1.34. The number of benzene rings is 1. The molecule has 1 aromatic carbocycles. The van der Waals surface area contributed by atoms with E-state index in [-0.39, 0.29) is 24.2 Å². The smallest absolute Gasteiger partial charge is 0.358 e. The van der Waals surface area contributed by atoms with Crippen molar-refractivity contribution < 1.29 is 19.0 Å². The fraction of sp³-hybridized carbons (Fsp3) is 0.316. The molecule has 27 heavy (non-hydrogen) atoms. The van der Waals surface area contributed by atoms with Gasteiger partial charge >= 0.3 is 5.97 Å². The van der Waals surface area contributed by atoms with Gasteiger partial charge in [-0.3, -0.25) is 0 Å². The summed E-state index contributed by atoms with van der Waals surface area (Å²) in [5.74, 6) is -0.258. The van der Waals surface area contributed by atoms with Crippen molar-refractivity contribution in [2.45, 2.75) is 25.5 Å². The van der Waals surface area contributed by atoms with Crippen molar-refractivity contribution in [2.24, 2.45) is 0 Å². The molecule has 0 saturated carbocycles. The predicted octanol–water partition coefficient (Wildman–Crippen LogP) is 2.36. The number of carbonyl (C=O) groups is 1. The molecule has 3 heterocycles. The van der Waals surface area contributed by atoms with Crippen LogP contribution in [0.25, 0.3) is 5.65 Å². The third kappa shape index (κ3) is 3.23. The average Bonchev–Trinajstić information content (AvgIpc) is 3.25. The third-order valence-electron chi connectivity index (χ3n) is 4.64. The largest absolute Gasteiger partial charge is 0.461 e. The molecule has 1 fully saturated rings. The number of esters is 1. The molecule has 0 unspecified atom stereocenters. The minimum Gasteiger partial charge on any atom is -0.461 e. The van der Waals surface area contributed by atoms with E-state index in [1.54, 1.807) is 25.1 Å². The quantitative estimate of drug-likeness (QED) is 0.710. The molecule has 1 aliphatic heterocycles. The molecule has 3 aromatic rings. The Morgan fingerprint density at radius 1 is 1.37 bits per heavy atom. The normalized spacial score (nSPS) is 19.6. The van der Waals surface area contributed by atoms with Gasteiger partial charge in [-0.25, -0.2) is 18.7 Å². The first-order valence-electron chi connectivity index (χ1n) is 8.79. The van der Waals surface area contributed by atoms with E-state index in [0.717, 1.165) is 5.56 Å². The minimum atomic E-state index is -0.553. The zero-order chi connectivity index (χ0) is 19.0. The van der Waals surface area contributed by atoms with Crippen LogP contribution in [0, 0.1) is 5.82 Å². The monoisotopic (exact) mass is 370 g/mol. The summed E-state index contributed by atoms with van der Waals surface area (Å²) in [6, 6.07) is 9.66. The van der Waals surface area contributed by atoms with Crippen LogP contribution in [0.5, 0.6) is 0 Å². The Morgan fingerprint density at radius 2 is 2.22 bits per heavy atom. The second kappa shape index (κ2) is 6.96. The second-order valence-corrected chi connectivity index (χ2v) is 6.44. The fourth-order valence-corrected chi connectivity index (χ4v) is 3.46. The third-order valence-corrected chi connectivity index (χ3v) is 4.64. The van der Waals surface area contributed by atoms with Crippen LogP contribution < -0.4 is 4.90 Å². The Morgan fingerprint density at radius 3 is 3.00 bits per heavy atom. The molecule has 0 amide bonds. The van der Waals surface area contributed by atoms with Crippen LogP contribution in [0.1, 0.15) is 35.4 Å². The molecule has 140 valence electrons. The molecule has 1 N–H and O–H groups in total. The van der Waals surface area contributed by atoms with E-state index in [2.05, 4.69) is 10.1 Å². The Hall–Kier alpha value is -3.00. The molecule has 0 spiro atoms. The van der Waals surface area contributed by atoms with Crippen LogP contribution in [0.2, 0.25) is 0 Å². The molecule has 2 atom stereocenters. The molecule has 0 aliphatic carbocycles. The number of hydrogen-bond donors (Lipinski definition) is 1. The minimum absolute atomic E-state index is 0.213. The molecular formula is C19H19FN4O3. The lowest BCUT2D eigenvalue weighted by Gasteiger charge is -2.25. The number of aliphatic hydroxyl groups excluding tert-OH is 1. The molecule has 0 bridgehead atoms. The summed E-state index contributed by atoms with van der Waals surface area (Å²) in [5.41, 5.74) is 1.52. The number of aliphatic hydroxyl groups is 1. The van der Waals surface area contributed by atoms with Gasteiger partial charge < -0.3 is 14.7 Å². The molecule has 2 aromatic heterocycles. The fourth-order valence-electron chi connectivity index (χ4n) is 3.46. The average molecular weight is 370 g/mol. The lowest BCUT2D eigenvalue weighted by atomic mass is 10.0. The van der Waals surface area contributed by atoms with Crippen molar-refractivity contribution in [1.82, 2.24) is 14.6 Å². The topological polar surface area (TPSA) is 80.0 Å². The maximum atomic E-state index is 13.7. The van der Waals surface area contributed by atoms with Gasteiger partial charge in [0.05, 0.1) is 24.9 Å². The van der Waals surface area contributed by atoms with Crippen molar-refractivity contribution in [2.75, 3.05) is 18.1 Å². The summed E-state index contributed by atoms with van der Waals surface area (Å²) in [6.45, 7) is 2.35. The van der Waals surface area contributed by atoms with Gasteiger partial charge in [0.2, 0.25) is 0 Å². The van der Waals surface area contributed by atoms with E-state index < -0.39 is 12.1 Å². The van der Waals surface area contributed by atoms with Crippen LogP contribution >= 0.6 is 0 Å². The van der Waals surface area contributed by atoms with Crippen molar-refractivity contribution in [1.29, 1.82) is 0 Å². The lowest BCUT2D eigenvalue weighted by Crippen LogP contribution is -2.26. The van der Waals surface area contributed by atoms with Gasteiger partial charge in [0.25, 0.3) is 0 Å². The van der Waals surface area contributed by atoms with E-state index >= 15 is 0 Å². The highest BCUT2D eigenvalue weighted by molar-refractivity contribution is 5.88. The standard InChI is InChI=1S/C19H19FN4O3/c1-2-27-19(26)16-10-21-17-6-7-18(22-24(16)17)23-11-14(25)9-15(23)12-4-3-5-13(20)8-12/h3-8,10,14-15,25H,2,9,11H2,1H3/t14-,15-/m1/s1. The highest BCUT2D eigenvalue weighted by Crippen LogP contribution is 2.35. The predicted molar refractivity (Wildman–Crippen MR) is 96.1 cm³/mol. The Balaban J connectivity index is 1.73. The number of anilines is 1.